The number of hydrogen-bond donors (Lipinski definition) is 1. The molecule has 0 unspecified atom stereocenters. The van der Waals surface area contributed by atoms with Crippen LogP contribution < -0.4 is 5.32 Å². The molecule has 0 saturated heterocycles. The Kier molecular flexibility index (Phi) is 3.73. The number of hydrogen-bond acceptors (Lipinski definition) is 3. The van der Waals surface area contributed by atoms with Crippen LogP contribution in [0.25, 0.3) is 11.0 Å². The maximum Gasteiger partial charge on any atom is 0.253 e. The van der Waals surface area contributed by atoms with Crippen molar-refractivity contribution in [3.8, 4) is 0 Å². The maximum atomic E-state index is 12.7. The van der Waals surface area contributed by atoms with Gasteiger partial charge in [0.2, 0.25) is 0 Å². The summed E-state index contributed by atoms with van der Waals surface area (Å²) in [5.41, 5.74) is 2.62. The van der Waals surface area contributed by atoms with Crippen molar-refractivity contribution in [1.82, 2.24) is 20.1 Å². The number of rotatable bonds is 6. The van der Waals surface area contributed by atoms with Crippen LogP contribution in [0, 0.1) is 11.8 Å². The van der Waals surface area contributed by atoms with Gasteiger partial charge >= 0.3 is 0 Å². The number of benzene rings is 1. The Balaban J connectivity index is 1.35. The van der Waals surface area contributed by atoms with E-state index in [1.54, 1.807) is 12.4 Å². The van der Waals surface area contributed by atoms with Gasteiger partial charge in [0.15, 0.2) is 5.65 Å². The summed E-state index contributed by atoms with van der Waals surface area (Å²) in [7, 11) is 0. The monoisotopic (exact) mass is 346 g/mol. The van der Waals surface area contributed by atoms with Crippen molar-refractivity contribution in [2.24, 2.45) is 11.8 Å². The maximum absolute atomic E-state index is 12.7. The quantitative estimate of drug-likeness (QED) is 0.744. The van der Waals surface area contributed by atoms with Gasteiger partial charge < -0.3 is 5.32 Å². The van der Waals surface area contributed by atoms with E-state index in [2.05, 4.69) is 27.5 Å². The molecule has 0 bridgehead atoms. The Morgan fingerprint density at radius 3 is 2.54 bits per heavy atom. The second-order valence-electron chi connectivity index (χ2n) is 7.60. The van der Waals surface area contributed by atoms with Gasteiger partial charge in [-0.05, 0) is 49.1 Å². The Morgan fingerprint density at radius 1 is 1.12 bits per heavy atom. The lowest BCUT2D eigenvalue weighted by Gasteiger charge is -2.17. The fourth-order valence-electron chi connectivity index (χ4n) is 3.73. The molecule has 0 spiro atoms. The number of nitrogens with zero attached hydrogens (tertiary/aromatic N) is 3. The van der Waals surface area contributed by atoms with Crippen molar-refractivity contribution in [2.45, 2.75) is 38.3 Å². The summed E-state index contributed by atoms with van der Waals surface area (Å²) in [5, 5.41) is 8.62. The number of carbonyl (C=O) groups excluding carboxylic acids is 1. The molecule has 26 heavy (non-hydrogen) atoms. The first-order valence-corrected chi connectivity index (χ1v) is 9.44. The van der Waals surface area contributed by atoms with Gasteiger partial charge in [0.1, 0.15) is 0 Å². The highest BCUT2D eigenvalue weighted by Gasteiger charge is 2.42. The van der Waals surface area contributed by atoms with E-state index >= 15 is 0 Å². The van der Waals surface area contributed by atoms with E-state index in [-0.39, 0.29) is 5.91 Å². The Morgan fingerprint density at radius 2 is 1.85 bits per heavy atom. The third-order valence-corrected chi connectivity index (χ3v) is 5.47. The zero-order valence-electron chi connectivity index (χ0n) is 14.6. The first-order chi connectivity index (χ1) is 12.8. The van der Waals surface area contributed by atoms with Crippen molar-refractivity contribution in [3.63, 3.8) is 0 Å². The molecule has 2 fully saturated rings. The molecule has 0 radical (unpaired) electrons. The Bertz CT molecular complexity index is 929. The summed E-state index contributed by atoms with van der Waals surface area (Å²) in [6.07, 6.45) is 8.49. The van der Waals surface area contributed by atoms with E-state index in [0.29, 0.717) is 30.0 Å². The molecule has 2 heterocycles. The normalized spacial score (nSPS) is 17.0. The van der Waals surface area contributed by atoms with Gasteiger partial charge in [-0.25, -0.2) is 9.67 Å². The van der Waals surface area contributed by atoms with E-state index in [1.807, 2.05) is 28.9 Å². The van der Waals surface area contributed by atoms with Crippen LogP contribution in [0.15, 0.2) is 48.8 Å². The Labute approximate surface area is 152 Å². The van der Waals surface area contributed by atoms with E-state index in [0.717, 1.165) is 11.0 Å². The van der Waals surface area contributed by atoms with Crippen molar-refractivity contribution in [1.29, 1.82) is 0 Å². The molecule has 2 aliphatic carbocycles. The van der Waals surface area contributed by atoms with Crippen molar-refractivity contribution < 1.29 is 4.79 Å². The van der Waals surface area contributed by atoms with Gasteiger partial charge in [0.25, 0.3) is 5.91 Å². The highest BCUT2D eigenvalue weighted by Crippen LogP contribution is 2.44. The predicted octanol–water partition coefficient (Wildman–Crippen LogP) is 3.40. The zero-order valence-corrected chi connectivity index (χ0v) is 14.6. The fraction of sp³-hybridized carbons (Fsp3) is 0.381. The van der Waals surface area contributed by atoms with Gasteiger partial charge in [0, 0.05) is 17.6 Å². The lowest BCUT2D eigenvalue weighted by Crippen LogP contribution is -2.38. The topological polar surface area (TPSA) is 59.8 Å². The molecule has 0 atom stereocenters. The van der Waals surface area contributed by atoms with E-state index in [9.17, 15) is 4.79 Å². The average molecular weight is 346 g/mol. The van der Waals surface area contributed by atoms with Gasteiger partial charge in [-0.2, -0.15) is 5.10 Å². The number of aromatic nitrogens is 3. The standard InChI is InChI=1S/C21H22N4O/c26-21(24-19(15-6-7-15)16-8-9-16)18-10-17-12-23-25(20(17)22-11-18)13-14-4-2-1-3-5-14/h1-5,10-12,15-16,19H,6-9,13H2,(H,24,26). The second-order valence-corrected chi connectivity index (χ2v) is 7.60. The van der Waals surface area contributed by atoms with Crippen LogP contribution in [0.5, 0.6) is 0 Å². The van der Waals surface area contributed by atoms with Crippen LogP contribution in [0.1, 0.15) is 41.6 Å². The number of amides is 1. The predicted molar refractivity (Wildman–Crippen MR) is 99.8 cm³/mol. The van der Waals surface area contributed by atoms with E-state index in [4.69, 9.17) is 0 Å². The van der Waals surface area contributed by atoms with Crippen LogP contribution in [-0.2, 0) is 6.54 Å². The largest absolute Gasteiger partial charge is 0.349 e. The molecule has 1 N–H and O–H groups in total. The smallest absolute Gasteiger partial charge is 0.253 e. The molecule has 2 aliphatic rings. The highest BCUT2D eigenvalue weighted by atomic mass is 16.1. The first-order valence-electron chi connectivity index (χ1n) is 9.44. The van der Waals surface area contributed by atoms with Gasteiger partial charge in [-0.3, -0.25) is 4.79 Å². The van der Waals surface area contributed by atoms with Crippen LogP contribution in [-0.4, -0.2) is 26.7 Å². The van der Waals surface area contributed by atoms with Gasteiger partial charge in [0.05, 0.1) is 18.3 Å². The summed E-state index contributed by atoms with van der Waals surface area (Å²) in [6.45, 7) is 0.675. The molecule has 132 valence electrons. The molecule has 5 heteroatoms. The van der Waals surface area contributed by atoms with Gasteiger partial charge in [-0.15, -0.1) is 0 Å². The minimum Gasteiger partial charge on any atom is -0.349 e. The summed E-state index contributed by atoms with van der Waals surface area (Å²) >= 11 is 0. The van der Waals surface area contributed by atoms with E-state index in [1.165, 1.54) is 31.2 Å². The number of fused-ring (bicyclic) bond motifs is 1. The van der Waals surface area contributed by atoms with Crippen LogP contribution >= 0.6 is 0 Å². The minimum absolute atomic E-state index is 0.000917. The van der Waals surface area contributed by atoms with E-state index < -0.39 is 0 Å². The molecule has 5 nitrogen and oxygen atoms in total. The molecule has 1 aromatic carbocycles. The summed E-state index contributed by atoms with van der Waals surface area (Å²) in [4.78, 5) is 17.2. The molecule has 2 saturated carbocycles. The molecule has 0 aliphatic heterocycles. The number of pyridine rings is 1. The molecule has 3 aromatic rings. The zero-order chi connectivity index (χ0) is 17.5. The first kappa shape index (κ1) is 15.6. The lowest BCUT2D eigenvalue weighted by atomic mass is 10.1. The third kappa shape index (κ3) is 3.09. The summed E-state index contributed by atoms with van der Waals surface area (Å²) < 4.78 is 1.88. The average Bonchev–Trinajstić information content (AvgIpc) is 3.59. The van der Waals surface area contributed by atoms with Crippen LogP contribution in [0.3, 0.4) is 0 Å². The molecule has 2 aromatic heterocycles. The van der Waals surface area contributed by atoms with Crippen molar-refractivity contribution >= 4 is 16.9 Å². The second kappa shape index (κ2) is 6.24. The molecule has 5 rings (SSSR count). The minimum atomic E-state index is -0.000917. The SMILES string of the molecule is O=C(NC(C1CC1)C1CC1)c1cnc2c(cnn2Cc2ccccc2)c1. The van der Waals surface area contributed by atoms with Gasteiger partial charge in [-0.1, -0.05) is 30.3 Å². The highest BCUT2D eigenvalue weighted by molar-refractivity contribution is 5.97. The van der Waals surface area contributed by atoms with Crippen molar-refractivity contribution in [3.05, 3.63) is 59.9 Å². The lowest BCUT2D eigenvalue weighted by molar-refractivity contribution is 0.0926. The fourth-order valence-corrected chi connectivity index (χ4v) is 3.73. The third-order valence-electron chi connectivity index (χ3n) is 5.47. The van der Waals surface area contributed by atoms with Crippen LogP contribution in [0.4, 0.5) is 0 Å². The molecular weight excluding hydrogens is 324 g/mol. The molecule has 1 amide bonds. The summed E-state index contributed by atoms with van der Waals surface area (Å²) in [6, 6.07) is 12.5. The molecular formula is C21H22N4O. The Hall–Kier alpha value is -2.69. The summed E-state index contributed by atoms with van der Waals surface area (Å²) in [5.74, 6) is 1.38. The number of carbonyl (C=O) groups is 1. The van der Waals surface area contributed by atoms with Crippen LogP contribution in [0.2, 0.25) is 0 Å². The number of nitrogens with one attached hydrogen (secondary N) is 1. The van der Waals surface area contributed by atoms with Crippen molar-refractivity contribution in [2.75, 3.05) is 0 Å².